The number of benzene rings is 1. The lowest BCUT2D eigenvalue weighted by molar-refractivity contribution is 0.393. The monoisotopic (exact) mass is 337 g/mol. The summed E-state index contributed by atoms with van der Waals surface area (Å²) in [5, 5.41) is 4.71. The van der Waals surface area contributed by atoms with Gasteiger partial charge in [0, 0.05) is 15.4 Å². The lowest BCUT2D eigenvalue weighted by Crippen LogP contribution is -2.35. The average molecular weight is 338 g/mol. The van der Waals surface area contributed by atoms with Crippen molar-refractivity contribution in [2.45, 2.75) is 59.5 Å². The molecule has 0 unspecified atom stereocenters. The number of hydrogen-bond donors (Lipinski definition) is 1. The Balaban J connectivity index is 2.49. The Labute approximate surface area is 130 Å². The van der Waals surface area contributed by atoms with E-state index in [1.165, 1.54) is 16.5 Å². The minimum absolute atomic E-state index is 0.0902. The zero-order valence-electron chi connectivity index (χ0n) is 13.2. The smallest absolute Gasteiger partial charge is 0.138 e. The third-order valence-corrected chi connectivity index (χ3v) is 3.99. The van der Waals surface area contributed by atoms with Gasteiger partial charge in [0.1, 0.15) is 11.3 Å². The van der Waals surface area contributed by atoms with Gasteiger partial charge in [0.2, 0.25) is 0 Å². The van der Waals surface area contributed by atoms with Crippen LogP contribution < -0.4 is 5.32 Å². The zero-order chi connectivity index (χ0) is 15.1. The molecule has 3 heteroatoms. The van der Waals surface area contributed by atoms with Gasteiger partial charge in [-0.15, -0.1) is 0 Å². The molecule has 1 heterocycles. The molecule has 0 bridgehead atoms. The van der Waals surface area contributed by atoms with Crippen LogP contribution in [0.1, 0.15) is 57.4 Å². The zero-order valence-corrected chi connectivity index (χ0v) is 14.8. The number of aryl methyl sites for hydroxylation is 1. The summed E-state index contributed by atoms with van der Waals surface area (Å²) in [4.78, 5) is 0. The maximum Gasteiger partial charge on any atom is 0.138 e. The minimum Gasteiger partial charge on any atom is -0.459 e. The summed E-state index contributed by atoms with van der Waals surface area (Å²) in [5.74, 6) is 1.49. The van der Waals surface area contributed by atoms with E-state index in [1.807, 2.05) is 0 Å². The van der Waals surface area contributed by atoms with Crippen LogP contribution in [0.5, 0.6) is 0 Å². The number of halogens is 1. The molecule has 2 aromatic rings. The molecule has 0 saturated carbocycles. The SMILES string of the molecule is Cc1c(CNC(C)(C)C)oc2c(C(C)C)cc(Br)cc12. The molecule has 0 radical (unpaired) electrons. The molecule has 1 N–H and O–H groups in total. The third-order valence-electron chi connectivity index (χ3n) is 3.53. The fraction of sp³-hybridized carbons (Fsp3) is 0.529. The van der Waals surface area contributed by atoms with E-state index in [2.05, 4.69) is 74.9 Å². The number of furan rings is 1. The van der Waals surface area contributed by atoms with E-state index in [9.17, 15) is 0 Å². The summed E-state index contributed by atoms with van der Waals surface area (Å²) in [5.41, 5.74) is 3.62. The second-order valence-electron chi connectivity index (χ2n) is 6.78. The van der Waals surface area contributed by atoms with Crippen molar-refractivity contribution in [1.82, 2.24) is 5.32 Å². The summed E-state index contributed by atoms with van der Waals surface area (Å²) in [6.07, 6.45) is 0. The molecule has 0 spiro atoms. The first kappa shape index (κ1) is 15.6. The molecule has 0 fully saturated rings. The van der Waals surface area contributed by atoms with Gasteiger partial charge in [-0.1, -0.05) is 29.8 Å². The molecule has 0 aliphatic rings. The van der Waals surface area contributed by atoms with Crippen LogP contribution >= 0.6 is 15.9 Å². The summed E-state index contributed by atoms with van der Waals surface area (Å²) in [6.45, 7) is 13.8. The molecule has 1 aromatic heterocycles. The number of fused-ring (bicyclic) bond motifs is 1. The lowest BCUT2D eigenvalue weighted by atomic mass is 10.00. The van der Waals surface area contributed by atoms with Crippen LogP contribution in [0.4, 0.5) is 0 Å². The second-order valence-corrected chi connectivity index (χ2v) is 7.70. The van der Waals surface area contributed by atoms with Gasteiger partial charge >= 0.3 is 0 Å². The molecular formula is C17H24BrNO. The predicted molar refractivity (Wildman–Crippen MR) is 89.3 cm³/mol. The Hall–Kier alpha value is -0.800. The summed E-state index contributed by atoms with van der Waals surface area (Å²) >= 11 is 3.61. The van der Waals surface area contributed by atoms with Crippen LogP contribution in [0.25, 0.3) is 11.0 Å². The normalized spacial score (nSPS) is 12.6. The standard InChI is InChI=1S/C17H24BrNO/c1-10(2)13-7-12(18)8-14-11(3)15(20-16(13)14)9-19-17(4,5)6/h7-8,10,19H,9H2,1-6H3. The first-order valence-corrected chi connectivity index (χ1v) is 7.95. The first-order chi connectivity index (χ1) is 9.19. The molecule has 110 valence electrons. The fourth-order valence-corrected chi connectivity index (χ4v) is 2.78. The van der Waals surface area contributed by atoms with Crippen LogP contribution in [0.15, 0.2) is 21.0 Å². The highest BCUT2D eigenvalue weighted by atomic mass is 79.9. The highest BCUT2D eigenvalue weighted by Crippen LogP contribution is 2.34. The van der Waals surface area contributed by atoms with E-state index in [0.29, 0.717) is 5.92 Å². The van der Waals surface area contributed by atoms with Crippen molar-refractivity contribution in [3.05, 3.63) is 33.5 Å². The molecule has 20 heavy (non-hydrogen) atoms. The van der Waals surface area contributed by atoms with Crippen LogP contribution in [0, 0.1) is 6.92 Å². The highest BCUT2D eigenvalue weighted by Gasteiger charge is 2.18. The number of rotatable bonds is 3. The average Bonchev–Trinajstić information content (AvgIpc) is 2.62. The molecule has 2 nitrogen and oxygen atoms in total. The van der Waals surface area contributed by atoms with Crippen molar-refractivity contribution < 1.29 is 4.42 Å². The number of hydrogen-bond acceptors (Lipinski definition) is 2. The van der Waals surface area contributed by atoms with E-state index in [-0.39, 0.29) is 5.54 Å². The second kappa shape index (κ2) is 5.53. The Morgan fingerprint density at radius 1 is 1.25 bits per heavy atom. The Morgan fingerprint density at radius 3 is 2.45 bits per heavy atom. The Kier molecular flexibility index (Phi) is 4.31. The van der Waals surface area contributed by atoms with Gasteiger partial charge in [-0.25, -0.2) is 0 Å². The van der Waals surface area contributed by atoms with Gasteiger partial charge in [0.25, 0.3) is 0 Å². The lowest BCUT2D eigenvalue weighted by Gasteiger charge is -2.19. The first-order valence-electron chi connectivity index (χ1n) is 7.15. The molecule has 0 amide bonds. The van der Waals surface area contributed by atoms with Crippen LogP contribution in [-0.2, 0) is 6.54 Å². The van der Waals surface area contributed by atoms with Crippen LogP contribution in [-0.4, -0.2) is 5.54 Å². The molecule has 0 saturated heterocycles. The molecule has 0 aliphatic carbocycles. The van der Waals surface area contributed by atoms with E-state index in [0.717, 1.165) is 22.4 Å². The topological polar surface area (TPSA) is 25.2 Å². The van der Waals surface area contributed by atoms with Crippen LogP contribution in [0.2, 0.25) is 0 Å². The fourth-order valence-electron chi connectivity index (χ4n) is 2.30. The van der Waals surface area contributed by atoms with Gasteiger partial charge < -0.3 is 9.73 Å². The molecule has 2 rings (SSSR count). The largest absolute Gasteiger partial charge is 0.459 e. The molecule has 0 aliphatic heterocycles. The minimum atomic E-state index is 0.0902. The van der Waals surface area contributed by atoms with Gasteiger partial charge in [-0.3, -0.25) is 0 Å². The molecule has 0 atom stereocenters. The Morgan fingerprint density at radius 2 is 1.90 bits per heavy atom. The van der Waals surface area contributed by atoms with Crippen molar-refractivity contribution in [2.75, 3.05) is 0 Å². The highest BCUT2D eigenvalue weighted by molar-refractivity contribution is 9.10. The van der Waals surface area contributed by atoms with Gasteiger partial charge in [-0.2, -0.15) is 0 Å². The van der Waals surface area contributed by atoms with Crippen molar-refractivity contribution in [2.24, 2.45) is 0 Å². The number of nitrogens with one attached hydrogen (secondary N) is 1. The van der Waals surface area contributed by atoms with Gasteiger partial charge in [0.15, 0.2) is 0 Å². The molecule has 1 aromatic carbocycles. The van der Waals surface area contributed by atoms with Crippen molar-refractivity contribution >= 4 is 26.9 Å². The van der Waals surface area contributed by atoms with Crippen LogP contribution in [0.3, 0.4) is 0 Å². The molecular weight excluding hydrogens is 314 g/mol. The Bertz CT molecular complexity index is 620. The third kappa shape index (κ3) is 3.26. The summed E-state index contributed by atoms with van der Waals surface area (Å²) in [7, 11) is 0. The van der Waals surface area contributed by atoms with E-state index in [1.54, 1.807) is 0 Å². The maximum atomic E-state index is 6.16. The van der Waals surface area contributed by atoms with E-state index >= 15 is 0 Å². The van der Waals surface area contributed by atoms with Crippen molar-refractivity contribution in [1.29, 1.82) is 0 Å². The van der Waals surface area contributed by atoms with E-state index < -0.39 is 0 Å². The maximum absolute atomic E-state index is 6.16. The van der Waals surface area contributed by atoms with Crippen molar-refractivity contribution in [3.63, 3.8) is 0 Å². The van der Waals surface area contributed by atoms with E-state index in [4.69, 9.17) is 4.42 Å². The predicted octanol–water partition coefficient (Wildman–Crippen LogP) is 5.52. The quantitative estimate of drug-likeness (QED) is 0.798. The van der Waals surface area contributed by atoms with Gasteiger partial charge in [0.05, 0.1) is 6.54 Å². The summed E-state index contributed by atoms with van der Waals surface area (Å²) < 4.78 is 7.28. The van der Waals surface area contributed by atoms with Crippen molar-refractivity contribution in [3.8, 4) is 0 Å². The van der Waals surface area contributed by atoms with Gasteiger partial charge in [-0.05, 0) is 56.9 Å². The summed E-state index contributed by atoms with van der Waals surface area (Å²) in [6, 6.07) is 4.32.